The molecule has 0 aliphatic rings. The lowest BCUT2D eigenvalue weighted by atomic mass is 10.2. The standard InChI is InChI=1S/C11H14O2.C7H4Cl2O.C5H3BrOS/c1-2-3-8-13-11-6-4-10(9-12)5-7-11;8-6-2-1-5(4-10)3-7(6)9;6-4-1-5(2-7)8-3-4/h4-7,9H,2-3,8H2,1H3;1-4H;1-3H. The first kappa shape index (κ1) is 27.0. The molecule has 0 aliphatic carbocycles. The zero-order valence-corrected chi connectivity index (χ0v) is 20.6. The first-order valence-corrected chi connectivity index (χ1v) is 11.6. The Kier molecular flexibility index (Phi) is 13.7. The molecule has 0 amide bonds. The number of carbonyl (C=O) groups is 3. The monoisotopic (exact) mass is 542 g/mol. The molecule has 2 aromatic carbocycles. The van der Waals surface area contributed by atoms with Crippen LogP contribution in [0.2, 0.25) is 10.0 Å². The minimum Gasteiger partial charge on any atom is -0.494 e. The maximum atomic E-state index is 10.3. The van der Waals surface area contributed by atoms with Crippen LogP contribution in [-0.4, -0.2) is 25.5 Å². The topological polar surface area (TPSA) is 60.4 Å². The summed E-state index contributed by atoms with van der Waals surface area (Å²) < 4.78 is 6.41. The molecule has 31 heavy (non-hydrogen) atoms. The summed E-state index contributed by atoms with van der Waals surface area (Å²) in [5.41, 5.74) is 1.22. The number of carbonyl (C=O) groups excluding carboxylic acids is 3. The van der Waals surface area contributed by atoms with Gasteiger partial charge in [0.2, 0.25) is 0 Å². The van der Waals surface area contributed by atoms with Crippen molar-refractivity contribution in [2.24, 2.45) is 0 Å². The summed E-state index contributed by atoms with van der Waals surface area (Å²) in [5.74, 6) is 0.832. The van der Waals surface area contributed by atoms with E-state index in [9.17, 15) is 14.4 Å². The third-order valence-corrected chi connectivity index (χ3v) is 5.92. The summed E-state index contributed by atoms with van der Waals surface area (Å²) >= 11 is 15.9. The second kappa shape index (κ2) is 15.8. The first-order chi connectivity index (χ1) is 14.9. The second-order valence-electron chi connectivity index (χ2n) is 5.97. The number of thiophene rings is 1. The summed E-state index contributed by atoms with van der Waals surface area (Å²) in [6.07, 6.45) is 4.59. The minimum absolute atomic E-state index is 0.409. The number of benzene rings is 2. The number of ether oxygens (including phenoxy) is 1. The maximum Gasteiger partial charge on any atom is 0.160 e. The number of halogens is 3. The summed E-state index contributed by atoms with van der Waals surface area (Å²) in [7, 11) is 0. The largest absolute Gasteiger partial charge is 0.494 e. The molecule has 164 valence electrons. The van der Waals surface area contributed by atoms with Crippen LogP contribution in [0.25, 0.3) is 0 Å². The van der Waals surface area contributed by atoms with Gasteiger partial charge >= 0.3 is 0 Å². The van der Waals surface area contributed by atoms with Crippen molar-refractivity contribution in [1.82, 2.24) is 0 Å². The highest BCUT2D eigenvalue weighted by Crippen LogP contribution is 2.21. The first-order valence-electron chi connectivity index (χ1n) is 9.21. The zero-order valence-electron chi connectivity index (χ0n) is 16.7. The Morgan fingerprint density at radius 2 is 1.55 bits per heavy atom. The second-order valence-corrected chi connectivity index (χ2v) is 8.64. The number of hydrogen-bond acceptors (Lipinski definition) is 5. The SMILES string of the molecule is CCCCOc1ccc(C=O)cc1.O=Cc1cc(Br)cs1.O=Cc1ccc(Cl)c(Cl)c1. The highest BCUT2D eigenvalue weighted by molar-refractivity contribution is 9.10. The summed E-state index contributed by atoms with van der Waals surface area (Å²) in [5, 5.41) is 2.75. The van der Waals surface area contributed by atoms with Crippen LogP contribution in [-0.2, 0) is 0 Å². The van der Waals surface area contributed by atoms with Crippen molar-refractivity contribution in [2.75, 3.05) is 6.61 Å². The Bertz CT molecular complexity index is 958. The predicted molar refractivity (Wildman–Crippen MR) is 131 cm³/mol. The lowest BCUT2D eigenvalue weighted by Crippen LogP contribution is -1.96. The average molecular weight is 544 g/mol. The van der Waals surface area contributed by atoms with Crippen molar-refractivity contribution in [3.8, 4) is 5.75 Å². The smallest absolute Gasteiger partial charge is 0.160 e. The molecule has 0 fully saturated rings. The van der Waals surface area contributed by atoms with Crippen LogP contribution in [0.5, 0.6) is 5.75 Å². The van der Waals surface area contributed by atoms with Crippen molar-refractivity contribution >= 4 is 69.3 Å². The van der Waals surface area contributed by atoms with Crippen molar-refractivity contribution in [3.05, 3.63) is 84.4 Å². The van der Waals surface area contributed by atoms with Gasteiger partial charge in [-0.1, -0.05) is 42.6 Å². The number of aldehydes is 3. The Hall–Kier alpha value is -1.99. The normalized spacial score (nSPS) is 9.42. The molecular weight excluding hydrogens is 523 g/mol. The Morgan fingerprint density at radius 3 is 2.00 bits per heavy atom. The fourth-order valence-electron chi connectivity index (χ4n) is 1.95. The van der Waals surface area contributed by atoms with Crippen LogP contribution in [0.3, 0.4) is 0 Å². The van der Waals surface area contributed by atoms with Gasteiger partial charge in [0.25, 0.3) is 0 Å². The van der Waals surface area contributed by atoms with Crippen LogP contribution >= 0.6 is 50.5 Å². The molecule has 4 nitrogen and oxygen atoms in total. The fraction of sp³-hybridized carbons (Fsp3) is 0.174. The third-order valence-electron chi connectivity index (χ3n) is 3.57. The van der Waals surface area contributed by atoms with E-state index in [1.54, 1.807) is 30.3 Å². The van der Waals surface area contributed by atoms with Crippen molar-refractivity contribution < 1.29 is 19.1 Å². The highest BCUT2D eigenvalue weighted by atomic mass is 79.9. The molecule has 1 aromatic heterocycles. The van der Waals surface area contributed by atoms with E-state index in [0.717, 1.165) is 53.4 Å². The van der Waals surface area contributed by atoms with Gasteiger partial charge in [0.05, 0.1) is 21.5 Å². The number of unbranched alkanes of at least 4 members (excludes halogenated alkanes) is 1. The zero-order chi connectivity index (χ0) is 23.1. The van der Waals surface area contributed by atoms with E-state index >= 15 is 0 Å². The fourth-order valence-corrected chi connectivity index (χ4v) is 3.51. The molecule has 0 N–H and O–H groups in total. The molecule has 3 rings (SSSR count). The van der Waals surface area contributed by atoms with Crippen LogP contribution in [0.15, 0.2) is 58.4 Å². The van der Waals surface area contributed by atoms with E-state index in [0.29, 0.717) is 21.2 Å². The van der Waals surface area contributed by atoms with Crippen LogP contribution in [0, 0.1) is 0 Å². The van der Waals surface area contributed by atoms with Gasteiger partial charge in [0.15, 0.2) is 6.29 Å². The molecule has 0 saturated carbocycles. The van der Waals surface area contributed by atoms with Crippen LogP contribution in [0.1, 0.15) is 50.2 Å². The molecule has 0 unspecified atom stereocenters. The van der Waals surface area contributed by atoms with Crippen LogP contribution in [0.4, 0.5) is 0 Å². The number of hydrogen-bond donors (Lipinski definition) is 0. The molecular formula is C23H21BrCl2O4S. The van der Waals surface area contributed by atoms with Crippen LogP contribution < -0.4 is 4.74 Å². The molecule has 8 heteroatoms. The quantitative estimate of drug-likeness (QED) is 0.225. The van der Waals surface area contributed by atoms with Crippen molar-refractivity contribution in [2.45, 2.75) is 19.8 Å². The molecule has 3 aromatic rings. The highest BCUT2D eigenvalue weighted by Gasteiger charge is 1.96. The minimum atomic E-state index is 0.409. The molecule has 1 heterocycles. The molecule has 0 atom stereocenters. The van der Waals surface area contributed by atoms with Gasteiger partial charge in [-0.15, -0.1) is 11.3 Å². The Morgan fingerprint density at radius 1 is 0.903 bits per heavy atom. The van der Waals surface area contributed by atoms with E-state index in [1.165, 1.54) is 17.4 Å². The number of rotatable bonds is 7. The van der Waals surface area contributed by atoms with E-state index in [1.807, 2.05) is 17.5 Å². The third kappa shape index (κ3) is 11.3. The lowest BCUT2D eigenvalue weighted by molar-refractivity contribution is 0.111. The van der Waals surface area contributed by atoms with E-state index in [4.69, 9.17) is 27.9 Å². The summed E-state index contributed by atoms with van der Waals surface area (Å²) in [6.45, 7) is 2.87. The van der Waals surface area contributed by atoms with Gasteiger partial charge in [-0.25, -0.2) is 0 Å². The molecule has 0 bridgehead atoms. The Labute approximate surface area is 204 Å². The van der Waals surface area contributed by atoms with Gasteiger partial charge in [0, 0.05) is 21.0 Å². The van der Waals surface area contributed by atoms with Gasteiger partial charge in [0.1, 0.15) is 18.3 Å². The van der Waals surface area contributed by atoms with Gasteiger partial charge in [-0.05, 0) is 64.8 Å². The van der Waals surface area contributed by atoms with E-state index in [-0.39, 0.29) is 0 Å². The summed E-state index contributed by atoms with van der Waals surface area (Å²) in [4.78, 5) is 31.3. The van der Waals surface area contributed by atoms with Crippen molar-refractivity contribution in [1.29, 1.82) is 0 Å². The molecule has 0 saturated heterocycles. The van der Waals surface area contributed by atoms with Gasteiger partial charge in [-0.3, -0.25) is 14.4 Å². The van der Waals surface area contributed by atoms with Gasteiger partial charge < -0.3 is 4.74 Å². The maximum absolute atomic E-state index is 10.3. The average Bonchev–Trinajstić information content (AvgIpc) is 3.22. The van der Waals surface area contributed by atoms with Gasteiger partial charge in [-0.2, -0.15) is 0 Å². The summed E-state index contributed by atoms with van der Waals surface area (Å²) in [6, 6.07) is 13.7. The lowest BCUT2D eigenvalue weighted by Gasteiger charge is -2.04. The Balaban J connectivity index is 0.000000240. The molecule has 0 aliphatic heterocycles. The molecule has 0 radical (unpaired) electrons. The molecule has 0 spiro atoms. The predicted octanol–water partition coefficient (Wildman–Crippen LogP) is 7.81. The van der Waals surface area contributed by atoms with E-state index in [2.05, 4.69) is 22.9 Å². The van der Waals surface area contributed by atoms with E-state index < -0.39 is 0 Å². The van der Waals surface area contributed by atoms with Crippen molar-refractivity contribution in [3.63, 3.8) is 0 Å².